The molecule has 2 rings (SSSR count). The van der Waals surface area contributed by atoms with Crippen LogP contribution in [0.2, 0.25) is 0 Å². The van der Waals surface area contributed by atoms with Crippen molar-refractivity contribution in [2.75, 3.05) is 18.8 Å². The van der Waals surface area contributed by atoms with Crippen molar-refractivity contribution in [1.82, 2.24) is 9.29 Å². The van der Waals surface area contributed by atoms with Gasteiger partial charge >= 0.3 is 0 Å². The van der Waals surface area contributed by atoms with Gasteiger partial charge in [0.25, 0.3) is 0 Å². The molecule has 20 heavy (non-hydrogen) atoms. The van der Waals surface area contributed by atoms with Gasteiger partial charge < -0.3 is 4.74 Å². The second-order valence-electron chi connectivity index (χ2n) is 4.72. The molecule has 0 bridgehead atoms. The van der Waals surface area contributed by atoms with E-state index in [1.54, 1.807) is 12.1 Å². The highest BCUT2D eigenvalue weighted by molar-refractivity contribution is 7.89. The number of pyridine rings is 1. The normalized spacial score (nSPS) is 16.4. The van der Waals surface area contributed by atoms with Crippen LogP contribution in [0, 0.1) is 11.3 Å². The van der Waals surface area contributed by atoms with Crippen molar-refractivity contribution in [2.24, 2.45) is 0 Å². The standard InChI is InChI=1S/C13H17N3O3S/c1-2-3-6-20(17,18)16-9-12(10-16)19-13-5-4-11(7-14)8-15-13/h4-5,8,12H,2-3,6,9-10H2,1H3. The molecule has 6 nitrogen and oxygen atoms in total. The molecule has 1 aliphatic rings. The number of unbranched alkanes of at least 4 members (excludes halogenated alkanes) is 1. The van der Waals surface area contributed by atoms with E-state index in [0.29, 0.717) is 31.0 Å². The van der Waals surface area contributed by atoms with Crippen LogP contribution in [0.3, 0.4) is 0 Å². The number of hydrogen-bond donors (Lipinski definition) is 0. The summed E-state index contributed by atoms with van der Waals surface area (Å²) in [5.41, 5.74) is 0.467. The number of hydrogen-bond acceptors (Lipinski definition) is 5. The summed E-state index contributed by atoms with van der Waals surface area (Å²) in [5.74, 6) is 0.616. The summed E-state index contributed by atoms with van der Waals surface area (Å²) in [6.07, 6.45) is 2.82. The van der Waals surface area contributed by atoms with E-state index in [-0.39, 0.29) is 11.9 Å². The predicted octanol–water partition coefficient (Wildman–Crippen LogP) is 1.15. The van der Waals surface area contributed by atoms with Gasteiger partial charge in [0.15, 0.2) is 0 Å². The molecule has 0 amide bonds. The molecule has 0 atom stereocenters. The van der Waals surface area contributed by atoms with E-state index < -0.39 is 10.0 Å². The molecule has 0 spiro atoms. The first-order valence-electron chi connectivity index (χ1n) is 6.56. The maximum Gasteiger partial charge on any atom is 0.214 e. The number of aromatic nitrogens is 1. The summed E-state index contributed by atoms with van der Waals surface area (Å²) in [6.45, 7) is 2.70. The highest BCUT2D eigenvalue weighted by atomic mass is 32.2. The van der Waals surface area contributed by atoms with Gasteiger partial charge in [0.2, 0.25) is 15.9 Å². The molecule has 1 fully saturated rings. The highest BCUT2D eigenvalue weighted by Gasteiger charge is 2.36. The molecule has 0 aromatic carbocycles. The molecular weight excluding hydrogens is 278 g/mol. The summed E-state index contributed by atoms with van der Waals surface area (Å²) >= 11 is 0. The Morgan fingerprint density at radius 2 is 2.25 bits per heavy atom. The van der Waals surface area contributed by atoms with Crippen LogP contribution in [0.1, 0.15) is 25.3 Å². The zero-order valence-electron chi connectivity index (χ0n) is 11.3. The first-order chi connectivity index (χ1) is 9.55. The third-order valence-electron chi connectivity index (χ3n) is 3.12. The van der Waals surface area contributed by atoms with Crippen LogP contribution >= 0.6 is 0 Å². The molecule has 0 unspecified atom stereocenters. The van der Waals surface area contributed by atoms with Crippen LogP contribution in [-0.4, -0.2) is 42.7 Å². The molecule has 0 radical (unpaired) electrons. The maximum atomic E-state index is 11.9. The Labute approximate surface area is 119 Å². The maximum absolute atomic E-state index is 11.9. The first kappa shape index (κ1) is 14.8. The number of ether oxygens (including phenoxy) is 1. The minimum Gasteiger partial charge on any atom is -0.472 e. The molecule has 2 heterocycles. The SMILES string of the molecule is CCCCS(=O)(=O)N1CC(Oc2ccc(C#N)cn2)C1. The molecular formula is C13H17N3O3S. The van der Waals surface area contributed by atoms with Crippen LogP contribution in [0.4, 0.5) is 0 Å². The van der Waals surface area contributed by atoms with Gasteiger partial charge in [-0.1, -0.05) is 13.3 Å². The van der Waals surface area contributed by atoms with Gasteiger partial charge in [0.1, 0.15) is 12.2 Å². The fourth-order valence-electron chi connectivity index (χ4n) is 1.85. The van der Waals surface area contributed by atoms with Gasteiger partial charge in [-0.05, 0) is 12.5 Å². The zero-order chi connectivity index (χ0) is 14.6. The summed E-state index contributed by atoms with van der Waals surface area (Å²) in [5, 5.41) is 8.66. The summed E-state index contributed by atoms with van der Waals surface area (Å²) < 4.78 is 30.7. The molecule has 0 saturated carbocycles. The quantitative estimate of drug-likeness (QED) is 0.786. The Kier molecular flexibility index (Phi) is 4.57. The minimum atomic E-state index is -3.13. The molecule has 108 valence electrons. The Morgan fingerprint density at radius 1 is 1.50 bits per heavy atom. The predicted molar refractivity (Wildman–Crippen MR) is 73.6 cm³/mol. The van der Waals surface area contributed by atoms with Crippen LogP contribution < -0.4 is 4.74 Å². The van der Waals surface area contributed by atoms with Crippen molar-refractivity contribution in [1.29, 1.82) is 5.26 Å². The van der Waals surface area contributed by atoms with Crippen LogP contribution in [0.5, 0.6) is 5.88 Å². The van der Waals surface area contributed by atoms with Gasteiger partial charge in [-0.2, -0.15) is 9.57 Å². The van der Waals surface area contributed by atoms with E-state index in [0.717, 1.165) is 6.42 Å². The van der Waals surface area contributed by atoms with E-state index >= 15 is 0 Å². The smallest absolute Gasteiger partial charge is 0.214 e. The summed E-state index contributed by atoms with van der Waals surface area (Å²) in [7, 11) is -3.13. The Morgan fingerprint density at radius 3 is 2.80 bits per heavy atom. The lowest BCUT2D eigenvalue weighted by molar-refractivity contribution is 0.0721. The van der Waals surface area contributed by atoms with Gasteiger partial charge in [0, 0.05) is 12.3 Å². The Balaban J connectivity index is 1.83. The summed E-state index contributed by atoms with van der Waals surface area (Å²) in [6, 6.07) is 5.22. The van der Waals surface area contributed by atoms with Crippen molar-refractivity contribution < 1.29 is 13.2 Å². The minimum absolute atomic E-state index is 0.160. The topological polar surface area (TPSA) is 83.3 Å². The first-order valence-corrected chi connectivity index (χ1v) is 8.16. The average Bonchev–Trinajstić information content (AvgIpc) is 2.40. The van der Waals surface area contributed by atoms with Crippen molar-refractivity contribution >= 4 is 10.0 Å². The van der Waals surface area contributed by atoms with E-state index in [1.807, 2.05) is 13.0 Å². The summed E-state index contributed by atoms with van der Waals surface area (Å²) in [4.78, 5) is 4.00. The van der Waals surface area contributed by atoms with Crippen molar-refractivity contribution in [3.05, 3.63) is 23.9 Å². The fourth-order valence-corrected chi connectivity index (χ4v) is 3.54. The molecule has 7 heteroatoms. The monoisotopic (exact) mass is 295 g/mol. The molecule has 1 aromatic heterocycles. The third kappa shape index (κ3) is 3.46. The third-order valence-corrected chi connectivity index (χ3v) is 5.01. The second kappa shape index (κ2) is 6.20. The van der Waals surface area contributed by atoms with E-state index in [4.69, 9.17) is 10.00 Å². The zero-order valence-corrected chi connectivity index (χ0v) is 12.1. The number of rotatable bonds is 6. The fraction of sp³-hybridized carbons (Fsp3) is 0.538. The number of nitrogens with zero attached hydrogens (tertiary/aromatic N) is 3. The van der Waals surface area contributed by atoms with Gasteiger partial charge in [-0.3, -0.25) is 0 Å². The van der Waals surface area contributed by atoms with E-state index in [1.165, 1.54) is 10.5 Å². The Hall–Kier alpha value is -1.65. The lowest BCUT2D eigenvalue weighted by Crippen LogP contribution is -2.56. The van der Waals surface area contributed by atoms with Crippen LogP contribution in [0.15, 0.2) is 18.3 Å². The lowest BCUT2D eigenvalue weighted by atomic mass is 10.2. The van der Waals surface area contributed by atoms with E-state index in [9.17, 15) is 8.42 Å². The molecule has 0 aliphatic carbocycles. The van der Waals surface area contributed by atoms with Crippen LogP contribution in [-0.2, 0) is 10.0 Å². The second-order valence-corrected chi connectivity index (χ2v) is 6.81. The van der Waals surface area contributed by atoms with E-state index in [2.05, 4.69) is 4.98 Å². The van der Waals surface area contributed by atoms with Gasteiger partial charge in [-0.25, -0.2) is 13.4 Å². The highest BCUT2D eigenvalue weighted by Crippen LogP contribution is 2.20. The van der Waals surface area contributed by atoms with Crippen molar-refractivity contribution in [2.45, 2.75) is 25.9 Å². The average molecular weight is 295 g/mol. The van der Waals surface area contributed by atoms with Crippen molar-refractivity contribution in [3.63, 3.8) is 0 Å². The number of nitriles is 1. The Bertz CT molecular complexity index is 586. The van der Waals surface area contributed by atoms with Gasteiger partial charge in [-0.15, -0.1) is 0 Å². The number of sulfonamides is 1. The van der Waals surface area contributed by atoms with Crippen LogP contribution in [0.25, 0.3) is 0 Å². The van der Waals surface area contributed by atoms with Crippen molar-refractivity contribution in [3.8, 4) is 11.9 Å². The molecule has 1 aromatic rings. The molecule has 0 N–H and O–H groups in total. The largest absolute Gasteiger partial charge is 0.472 e. The lowest BCUT2D eigenvalue weighted by Gasteiger charge is -2.37. The molecule has 1 aliphatic heterocycles. The van der Waals surface area contributed by atoms with Gasteiger partial charge in [0.05, 0.1) is 24.4 Å². The molecule has 1 saturated heterocycles.